The third-order valence-electron chi connectivity index (χ3n) is 1.54. The minimum Gasteiger partial charge on any atom is -1.00 e. The number of rotatable bonds is 4. The van der Waals surface area contributed by atoms with Gasteiger partial charge in [-0.15, -0.1) is 11.6 Å². The monoisotopic (exact) mass is 205 g/mol. The van der Waals surface area contributed by atoms with Gasteiger partial charge in [-0.25, -0.2) is 0 Å². The van der Waals surface area contributed by atoms with Crippen molar-refractivity contribution in [2.24, 2.45) is 0 Å². The average molecular weight is 206 g/mol. The van der Waals surface area contributed by atoms with Gasteiger partial charge in [-0.05, 0) is 0 Å². The summed E-state index contributed by atoms with van der Waals surface area (Å²) in [4.78, 5) is 0. The first-order chi connectivity index (χ1) is 5.43. The number of hydrogen-bond donors (Lipinski definition) is 1. The normalized spacial score (nSPS) is 9.08. The predicted octanol–water partition coefficient (Wildman–Crippen LogP) is -2.01. The number of benzene rings is 1. The molecular weight excluding hydrogens is 193 g/mol. The Kier molecular flexibility index (Phi) is 7.26. The predicted molar refractivity (Wildman–Crippen MR) is 47.7 cm³/mol. The van der Waals surface area contributed by atoms with Crippen LogP contribution in [0.3, 0.4) is 0 Å². The summed E-state index contributed by atoms with van der Waals surface area (Å²) in [6.45, 7) is 2.03. The fourth-order valence-electron chi connectivity index (χ4n) is 0.960. The summed E-state index contributed by atoms with van der Waals surface area (Å²) < 4.78 is 0. The molecule has 0 atom stereocenters. The largest absolute Gasteiger partial charge is 1.00 e. The Morgan fingerprint density at radius 1 is 1.17 bits per heavy atom. The molecule has 0 unspecified atom stereocenters. The molecule has 0 aliphatic heterocycles. The summed E-state index contributed by atoms with van der Waals surface area (Å²) in [5, 5.41) is 2.21. The lowest BCUT2D eigenvalue weighted by atomic mass is 10.2. The SMILES string of the molecule is ClCC[NH2+]Cc1ccccc1.[Cl-]. The second-order valence-corrected chi connectivity index (χ2v) is 2.83. The van der Waals surface area contributed by atoms with Gasteiger partial charge in [-0.1, -0.05) is 30.3 Å². The highest BCUT2D eigenvalue weighted by molar-refractivity contribution is 6.17. The van der Waals surface area contributed by atoms with Crippen LogP contribution in [0.4, 0.5) is 0 Å². The molecule has 0 saturated heterocycles. The Morgan fingerprint density at radius 2 is 1.83 bits per heavy atom. The lowest BCUT2D eigenvalue weighted by molar-refractivity contribution is -0.666. The van der Waals surface area contributed by atoms with Crippen molar-refractivity contribution in [2.75, 3.05) is 12.4 Å². The van der Waals surface area contributed by atoms with Crippen LogP contribution in [0.25, 0.3) is 0 Å². The molecular formula is C9H13Cl2N. The van der Waals surface area contributed by atoms with Gasteiger partial charge in [0.25, 0.3) is 0 Å². The van der Waals surface area contributed by atoms with E-state index < -0.39 is 0 Å². The first-order valence-electron chi connectivity index (χ1n) is 3.85. The second-order valence-electron chi connectivity index (χ2n) is 2.46. The zero-order valence-corrected chi connectivity index (χ0v) is 8.35. The van der Waals surface area contributed by atoms with Crippen LogP contribution in [0.1, 0.15) is 5.56 Å². The molecule has 1 aromatic carbocycles. The van der Waals surface area contributed by atoms with E-state index >= 15 is 0 Å². The van der Waals surface area contributed by atoms with Crippen LogP contribution in [0.2, 0.25) is 0 Å². The van der Waals surface area contributed by atoms with Crippen molar-refractivity contribution in [3.05, 3.63) is 35.9 Å². The Bertz CT molecular complexity index is 189. The van der Waals surface area contributed by atoms with Gasteiger partial charge >= 0.3 is 0 Å². The van der Waals surface area contributed by atoms with Crippen LogP contribution in [0.15, 0.2) is 30.3 Å². The number of hydrogen-bond acceptors (Lipinski definition) is 0. The molecule has 1 aromatic rings. The third kappa shape index (κ3) is 4.60. The third-order valence-corrected chi connectivity index (χ3v) is 1.75. The Balaban J connectivity index is 0.00000121. The summed E-state index contributed by atoms with van der Waals surface area (Å²) in [5.74, 6) is 0.729. The number of nitrogens with two attached hydrogens (primary N) is 1. The fourth-order valence-corrected chi connectivity index (χ4v) is 1.11. The van der Waals surface area contributed by atoms with Crippen molar-refractivity contribution in [3.8, 4) is 0 Å². The van der Waals surface area contributed by atoms with Crippen molar-refractivity contribution in [3.63, 3.8) is 0 Å². The summed E-state index contributed by atoms with van der Waals surface area (Å²) in [6.07, 6.45) is 0. The first-order valence-corrected chi connectivity index (χ1v) is 4.38. The van der Waals surface area contributed by atoms with E-state index in [1.54, 1.807) is 0 Å². The van der Waals surface area contributed by atoms with Gasteiger partial charge in [0.15, 0.2) is 0 Å². The molecule has 0 aliphatic carbocycles. The van der Waals surface area contributed by atoms with Crippen LogP contribution >= 0.6 is 11.6 Å². The van der Waals surface area contributed by atoms with Crippen LogP contribution in [0, 0.1) is 0 Å². The molecule has 0 amide bonds. The average Bonchev–Trinajstić information content (AvgIpc) is 2.07. The quantitative estimate of drug-likeness (QED) is 0.433. The molecule has 12 heavy (non-hydrogen) atoms. The summed E-state index contributed by atoms with van der Waals surface area (Å²) in [7, 11) is 0. The minimum atomic E-state index is 0. The van der Waals surface area contributed by atoms with E-state index in [2.05, 4.69) is 29.6 Å². The van der Waals surface area contributed by atoms with Crippen molar-refractivity contribution >= 4 is 11.6 Å². The Labute approximate surface area is 84.5 Å². The van der Waals surface area contributed by atoms with E-state index in [1.165, 1.54) is 5.56 Å². The molecule has 1 rings (SSSR count). The van der Waals surface area contributed by atoms with Crippen molar-refractivity contribution in [2.45, 2.75) is 6.54 Å². The molecule has 0 heterocycles. The molecule has 68 valence electrons. The van der Waals surface area contributed by atoms with E-state index in [4.69, 9.17) is 11.6 Å². The van der Waals surface area contributed by atoms with Crippen LogP contribution in [0.5, 0.6) is 0 Å². The maximum Gasteiger partial charge on any atom is 0.101 e. The smallest absolute Gasteiger partial charge is 0.101 e. The maximum atomic E-state index is 5.54. The van der Waals surface area contributed by atoms with Gasteiger partial charge in [0.1, 0.15) is 6.54 Å². The summed E-state index contributed by atoms with van der Waals surface area (Å²) in [5.41, 5.74) is 1.36. The molecule has 0 saturated carbocycles. The number of quaternary nitrogens is 1. The van der Waals surface area contributed by atoms with E-state index in [1.807, 2.05) is 6.07 Å². The number of halogens is 2. The summed E-state index contributed by atoms with van der Waals surface area (Å²) in [6, 6.07) is 10.4. The van der Waals surface area contributed by atoms with Crippen LogP contribution < -0.4 is 17.7 Å². The Morgan fingerprint density at radius 3 is 2.42 bits per heavy atom. The molecule has 0 bridgehead atoms. The highest BCUT2D eigenvalue weighted by Gasteiger charge is 1.91. The summed E-state index contributed by atoms with van der Waals surface area (Å²) >= 11 is 5.54. The molecule has 1 nitrogen and oxygen atoms in total. The highest BCUT2D eigenvalue weighted by atomic mass is 35.5. The van der Waals surface area contributed by atoms with E-state index in [9.17, 15) is 0 Å². The standard InChI is InChI=1S/C9H12ClN.ClH/c10-6-7-11-8-9-4-2-1-3-5-9;/h1-5,11H,6-8H2;1H. The zero-order valence-electron chi connectivity index (χ0n) is 6.84. The molecule has 0 aliphatic rings. The molecule has 3 heteroatoms. The van der Waals surface area contributed by atoms with E-state index in [0.29, 0.717) is 0 Å². The molecule has 2 N–H and O–H groups in total. The lowest BCUT2D eigenvalue weighted by Gasteiger charge is -1.97. The minimum absolute atomic E-state index is 0. The second kappa shape index (κ2) is 7.41. The highest BCUT2D eigenvalue weighted by Crippen LogP contribution is 1.93. The topological polar surface area (TPSA) is 16.6 Å². The Hall–Kier alpha value is -0.240. The van der Waals surface area contributed by atoms with Crippen molar-refractivity contribution in [1.82, 2.24) is 0 Å². The van der Waals surface area contributed by atoms with Gasteiger partial charge in [-0.3, -0.25) is 0 Å². The first kappa shape index (κ1) is 11.8. The maximum absolute atomic E-state index is 5.54. The lowest BCUT2D eigenvalue weighted by Crippen LogP contribution is -3.00. The van der Waals surface area contributed by atoms with Crippen molar-refractivity contribution in [1.29, 1.82) is 0 Å². The van der Waals surface area contributed by atoms with Gasteiger partial charge < -0.3 is 17.7 Å². The zero-order chi connectivity index (χ0) is 7.94. The van der Waals surface area contributed by atoms with Crippen LogP contribution in [-0.4, -0.2) is 12.4 Å². The van der Waals surface area contributed by atoms with Gasteiger partial charge in [0, 0.05) is 5.56 Å². The van der Waals surface area contributed by atoms with Gasteiger partial charge in [0.2, 0.25) is 0 Å². The van der Waals surface area contributed by atoms with Crippen molar-refractivity contribution < 1.29 is 17.7 Å². The van der Waals surface area contributed by atoms with Gasteiger partial charge in [-0.2, -0.15) is 0 Å². The van der Waals surface area contributed by atoms with E-state index in [-0.39, 0.29) is 12.4 Å². The van der Waals surface area contributed by atoms with Crippen LogP contribution in [-0.2, 0) is 6.54 Å². The van der Waals surface area contributed by atoms with E-state index in [0.717, 1.165) is 19.0 Å². The number of alkyl halides is 1. The molecule has 0 fully saturated rings. The molecule has 0 radical (unpaired) electrons. The van der Waals surface area contributed by atoms with Gasteiger partial charge in [0.05, 0.1) is 12.4 Å². The molecule has 0 aromatic heterocycles. The fraction of sp³-hybridized carbons (Fsp3) is 0.333. The molecule has 0 spiro atoms.